The summed E-state index contributed by atoms with van der Waals surface area (Å²) in [6.45, 7) is 20.0. The molecule has 0 spiro atoms. The predicted molar refractivity (Wildman–Crippen MR) is 443 cm³/mol. The molecule has 4 radical (unpaired) electrons. The molecule has 0 fully saturated rings. The van der Waals surface area contributed by atoms with Crippen molar-refractivity contribution in [2.75, 3.05) is 0 Å². The molecule has 16 aromatic rings. The zero-order chi connectivity index (χ0) is 74.6. The number of nitrogens with zero attached hydrogens (tertiary/aromatic N) is 6. The minimum atomic E-state index is 0. The van der Waals surface area contributed by atoms with E-state index in [0.29, 0.717) is 0 Å². The quantitative estimate of drug-likeness (QED) is 0.148. The smallest absolute Gasteiger partial charge is 0.0242 e. The van der Waals surface area contributed by atoms with Gasteiger partial charge in [-0.2, -0.15) is 0 Å². The van der Waals surface area contributed by atoms with Crippen LogP contribution in [-0.4, -0.2) is 29.9 Å². The number of hydrogen-bond acceptors (Lipinski definition) is 6. The van der Waals surface area contributed by atoms with Gasteiger partial charge in [0.25, 0.3) is 0 Å². The van der Waals surface area contributed by atoms with Crippen LogP contribution in [0.1, 0.15) is 91.6 Å². The minimum absolute atomic E-state index is 0. The van der Waals surface area contributed by atoms with E-state index in [-0.39, 0.29) is 96.7 Å². The standard InChI is InChI=1S/C21H18N.2C20H16N.C18H14N.C12H10N.C11H8N.4Ir/c1-14-7-6-12-22-20(14)15-10-11-17-16-8-4-5-9-18(16)21(2,3)19(17)13-15;2*1-20(2)17-8-4-3-7-15(17)16-11-10-14(13-18(16)20)19-9-5-6-12-21-19;1-14-12-18(16-10-6-3-7-11-16)19-13-17(14)15-8-4-2-5-9-15;1-10-6-5-9-13-12(10)11-7-3-2-4-8-11;1-2-6-10(7-3-1)11-8-4-5-9-12-11;;;;/h4-9,11-13H,1-3H3;2*3-9,11-13H,1-2H3;2-10,12-13H,1H3;2-7,9H,1H3;1-6,8-9H;;;;/q6*-1;;;;. The first-order valence-electron chi connectivity index (χ1n) is 36.6. The Bertz CT molecular complexity index is 5570. The Hall–Kier alpha value is -10.3. The molecule has 112 heavy (non-hydrogen) atoms. The van der Waals surface area contributed by atoms with Gasteiger partial charge in [0.15, 0.2) is 0 Å². The normalized spacial score (nSPS) is 12.3. The topological polar surface area (TPSA) is 77.3 Å². The summed E-state index contributed by atoms with van der Waals surface area (Å²) >= 11 is 0. The average molecular weight is 2160 g/mol. The van der Waals surface area contributed by atoms with Gasteiger partial charge in [0.1, 0.15) is 0 Å². The summed E-state index contributed by atoms with van der Waals surface area (Å²) in [7, 11) is 0. The summed E-state index contributed by atoms with van der Waals surface area (Å²) < 4.78 is 0. The van der Waals surface area contributed by atoms with Crippen molar-refractivity contribution in [2.45, 2.75) is 78.6 Å². The van der Waals surface area contributed by atoms with E-state index in [1.54, 1.807) is 6.20 Å². The van der Waals surface area contributed by atoms with Gasteiger partial charge in [0, 0.05) is 123 Å². The van der Waals surface area contributed by atoms with Crippen LogP contribution in [0.5, 0.6) is 0 Å². The van der Waals surface area contributed by atoms with E-state index in [1.807, 2.05) is 189 Å². The fourth-order valence-corrected chi connectivity index (χ4v) is 14.7. The molecule has 0 aliphatic heterocycles. The third kappa shape index (κ3) is 18.6. The molecule has 3 aliphatic rings. The monoisotopic (exact) mass is 2160 g/mol. The molecule has 0 atom stereocenters. The van der Waals surface area contributed by atoms with Crippen LogP contribution in [0, 0.1) is 57.2 Å². The zero-order valence-electron chi connectivity index (χ0n) is 63.8. The van der Waals surface area contributed by atoms with Crippen LogP contribution < -0.4 is 0 Å². The molecular formula is C102H82Ir4N6-6. The van der Waals surface area contributed by atoms with E-state index in [1.165, 1.54) is 94.6 Å². The Morgan fingerprint density at radius 1 is 0.232 bits per heavy atom. The van der Waals surface area contributed by atoms with E-state index >= 15 is 0 Å². The van der Waals surface area contributed by atoms with Crippen molar-refractivity contribution in [3.05, 3.63) is 421 Å². The van der Waals surface area contributed by atoms with Crippen LogP contribution in [-0.2, 0) is 96.7 Å². The first-order chi connectivity index (χ1) is 52.6. The van der Waals surface area contributed by atoms with Gasteiger partial charge in [0.2, 0.25) is 0 Å². The molecule has 562 valence electrons. The molecule has 6 nitrogen and oxygen atoms in total. The second kappa shape index (κ2) is 38.3. The van der Waals surface area contributed by atoms with Crippen molar-refractivity contribution in [1.82, 2.24) is 29.9 Å². The number of benzene rings is 10. The summed E-state index contributed by atoms with van der Waals surface area (Å²) in [5.74, 6) is 0. The van der Waals surface area contributed by atoms with E-state index in [2.05, 4.69) is 268 Å². The molecular weight excluding hydrogens is 2080 g/mol. The van der Waals surface area contributed by atoms with E-state index in [9.17, 15) is 0 Å². The average Bonchev–Trinajstić information content (AvgIpc) is 1.59. The van der Waals surface area contributed by atoms with Gasteiger partial charge in [-0.25, -0.2) is 0 Å². The maximum Gasteiger partial charge on any atom is 0.0242 e. The van der Waals surface area contributed by atoms with Gasteiger partial charge in [-0.15, -0.1) is 196 Å². The number of aromatic nitrogens is 6. The van der Waals surface area contributed by atoms with E-state index < -0.39 is 0 Å². The Morgan fingerprint density at radius 2 is 0.571 bits per heavy atom. The summed E-state index contributed by atoms with van der Waals surface area (Å²) in [4.78, 5) is 26.5. The van der Waals surface area contributed by atoms with Crippen molar-refractivity contribution in [1.29, 1.82) is 0 Å². The third-order valence-electron chi connectivity index (χ3n) is 20.5. The summed E-state index contributed by atoms with van der Waals surface area (Å²) in [6.07, 6.45) is 11.1. The fourth-order valence-electron chi connectivity index (χ4n) is 14.7. The molecule has 0 saturated carbocycles. The van der Waals surface area contributed by atoms with Gasteiger partial charge >= 0.3 is 0 Å². The van der Waals surface area contributed by atoms with Crippen molar-refractivity contribution in [3.63, 3.8) is 0 Å². The van der Waals surface area contributed by atoms with Gasteiger partial charge in [-0.1, -0.05) is 244 Å². The van der Waals surface area contributed by atoms with E-state index in [0.717, 1.165) is 67.5 Å². The first kappa shape index (κ1) is 84.2. The van der Waals surface area contributed by atoms with Crippen LogP contribution in [0.15, 0.2) is 334 Å². The fraction of sp³-hybridized carbons (Fsp3) is 0.118. The summed E-state index contributed by atoms with van der Waals surface area (Å²) in [5.41, 5.74) is 34.6. The maximum absolute atomic E-state index is 4.55. The Balaban J connectivity index is 0.000000143. The molecule has 0 unspecified atom stereocenters. The molecule has 3 aliphatic carbocycles. The Labute approximate surface area is 715 Å². The van der Waals surface area contributed by atoms with Gasteiger partial charge < -0.3 is 29.9 Å². The first-order valence-corrected chi connectivity index (χ1v) is 36.6. The number of pyridine rings is 6. The predicted octanol–water partition coefficient (Wildman–Crippen LogP) is 24.8. The summed E-state index contributed by atoms with van der Waals surface area (Å²) in [6, 6.07) is 121. The maximum atomic E-state index is 4.55. The van der Waals surface area contributed by atoms with E-state index in [4.69, 9.17) is 0 Å². The minimum Gasteiger partial charge on any atom is -0.305 e. The summed E-state index contributed by atoms with van der Waals surface area (Å²) in [5, 5.41) is 0. The zero-order valence-corrected chi connectivity index (χ0v) is 73.4. The van der Waals surface area contributed by atoms with Gasteiger partial charge in [-0.3, -0.25) is 0 Å². The number of rotatable bonds is 7. The van der Waals surface area contributed by atoms with Crippen LogP contribution in [0.2, 0.25) is 0 Å². The molecule has 0 saturated heterocycles. The van der Waals surface area contributed by atoms with Crippen LogP contribution >= 0.6 is 0 Å². The SMILES string of the molecule is CC1(C)c2ccccc2-c2c[c-]c(-c3ccccn3)cc21.CC1(C)c2ccccc2-c2c[c-]c(-c3ccccn3)cc21.Cc1cc(-c2[c-]cccc2)ncc1-c1ccccc1.Cc1cccnc1-c1[c-]cc2c(c1)C(C)(C)c1ccccc1-2.Cc1cccnc1-c1[c-]cccc1.[Ir].[Ir].[Ir].[Ir].[c-]1ccccc1-c1ccccn1. The molecule has 10 heteroatoms. The van der Waals surface area contributed by atoms with Gasteiger partial charge in [0.05, 0.1) is 0 Å². The van der Waals surface area contributed by atoms with Crippen LogP contribution in [0.25, 0.3) is 112 Å². The van der Waals surface area contributed by atoms with Gasteiger partial charge in [-0.05, 0) is 129 Å². The molecule has 6 heterocycles. The number of fused-ring (bicyclic) bond motifs is 9. The van der Waals surface area contributed by atoms with Crippen molar-refractivity contribution >= 4 is 0 Å². The third-order valence-corrected chi connectivity index (χ3v) is 20.5. The molecule has 0 bridgehead atoms. The number of aryl methyl sites for hydroxylation is 3. The second-order valence-electron chi connectivity index (χ2n) is 28.6. The Kier molecular flexibility index (Phi) is 28.8. The molecule has 0 N–H and O–H groups in total. The molecule has 10 aromatic carbocycles. The Morgan fingerprint density at radius 3 is 0.955 bits per heavy atom. The second-order valence-corrected chi connectivity index (χ2v) is 28.6. The van der Waals surface area contributed by atoms with Crippen LogP contribution in [0.3, 0.4) is 0 Å². The molecule has 19 rings (SSSR count). The van der Waals surface area contributed by atoms with Crippen molar-refractivity contribution in [3.8, 4) is 112 Å². The molecule has 6 aromatic heterocycles. The largest absolute Gasteiger partial charge is 0.305 e. The number of hydrogen-bond donors (Lipinski definition) is 0. The van der Waals surface area contributed by atoms with Crippen molar-refractivity contribution < 1.29 is 80.4 Å². The molecule has 0 amide bonds. The van der Waals surface area contributed by atoms with Crippen LogP contribution in [0.4, 0.5) is 0 Å². The van der Waals surface area contributed by atoms with Crippen molar-refractivity contribution in [2.24, 2.45) is 0 Å².